The largest absolute Gasteiger partial charge is 0.375 e. The highest BCUT2D eigenvalue weighted by Gasteiger charge is 1.98. The molecule has 0 atom stereocenters. The van der Waals surface area contributed by atoms with Crippen LogP contribution in [0.25, 0.3) is 0 Å². The maximum Gasteiger partial charge on any atom is 0.0887 e. The second-order valence-electron chi connectivity index (χ2n) is 5.04. The first-order valence-corrected chi connectivity index (χ1v) is 7.65. The number of ether oxygens (including phenoxy) is 1. The first-order chi connectivity index (χ1) is 10.4. The third kappa shape index (κ3) is 6.06. The molecule has 0 radical (unpaired) electrons. The van der Waals surface area contributed by atoms with Crippen LogP contribution in [0.5, 0.6) is 0 Å². The molecule has 1 aromatic heterocycles. The molecule has 0 spiro atoms. The summed E-state index contributed by atoms with van der Waals surface area (Å²) in [5, 5.41) is 3.28. The fourth-order valence-corrected chi connectivity index (χ4v) is 2.16. The standard InChI is InChI=1S/C18H24N2O/c1-2-19-14-17-11-6-12-18(20-17)15-21-13-7-10-16-8-4-3-5-9-16/h3-6,8-9,11-12,19H,2,7,10,13-15H2,1H3. The van der Waals surface area contributed by atoms with Crippen molar-refractivity contribution in [3.8, 4) is 0 Å². The summed E-state index contributed by atoms with van der Waals surface area (Å²) in [5.74, 6) is 0. The van der Waals surface area contributed by atoms with E-state index in [-0.39, 0.29) is 0 Å². The van der Waals surface area contributed by atoms with Gasteiger partial charge in [0.25, 0.3) is 0 Å². The molecule has 0 aliphatic rings. The van der Waals surface area contributed by atoms with Crippen molar-refractivity contribution in [2.75, 3.05) is 13.2 Å². The van der Waals surface area contributed by atoms with Gasteiger partial charge >= 0.3 is 0 Å². The Hall–Kier alpha value is -1.71. The minimum atomic E-state index is 0.592. The first-order valence-electron chi connectivity index (χ1n) is 7.65. The lowest BCUT2D eigenvalue weighted by Gasteiger charge is -2.06. The van der Waals surface area contributed by atoms with Gasteiger partial charge in [-0.15, -0.1) is 0 Å². The Labute approximate surface area is 127 Å². The van der Waals surface area contributed by atoms with Gasteiger partial charge in [0, 0.05) is 13.2 Å². The summed E-state index contributed by atoms with van der Waals surface area (Å²) in [6.07, 6.45) is 2.11. The molecular weight excluding hydrogens is 260 g/mol. The van der Waals surface area contributed by atoms with Crippen molar-refractivity contribution in [1.82, 2.24) is 10.3 Å². The summed E-state index contributed by atoms with van der Waals surface area (Å²) >= 11 is 0. The number of nitrogens with one attached hydrogen (secondary N) is 1. The van der Waals surface area contributed by atoms with Gasteiger partial charge in [0.2, 0.25) is 0 Å². The van der Waals surface area contributed by atoms with Crippen LogP contribution in [0.2, 0.25) is 0 Å². The van der Waals surface area contributed by atoms with Gasteiger partial charge in [-0.25, -0.2) is 0 Å². The van der Waals surface area contributed by atoms with E-state index < -0.39 is 0 Å². The van der Waals surface area contributed by atoms with Crippen molar-refractivity contribution in [2.45, 2.75) is 32.9 Å². The molecule has 1 heterocycles. The number of benzene rings is 1. The maximum absolute atomic E-state index is 5.72. The Balaban J connectivity index is 1.66. The quantitative estimate of drug-likeness (QED) is 0.717. The van der Waals surface area contributed by atoms with Crippen LogP contribution in [-0.2, 0) is 24.3 Å². The second kappa shape index (κ2) is 9.27. The highest BCUT2D eigenvalue weighted by Crippen LogP contribution is 2.05. The van der Waals surface area contributed by atoms with Crippen LogP contribution in [0, 0.1) is 0 Å². The average molecular weight is 284 g/mol. The third-order valence-electron chi connectivity index (χ3n) is 3.27. The van der Waals surface area contributed by atoms with Crippen molar-refractivity contribution >= 4 is 0 Å². The molecule has 3 heteroatoms. The van der Waals surface area contributed by atoms with E-state index in [9.17, 15) is 0 Å². The van der Waals surface area contributed by atoms with Crippen LogP contribution in [0.4, 0.5) is 0 Å². The van der Waals surface area contributed by atoms with E-state index in [1.54, 1.807) is 0 Å². The molecule has 1 aromatic carbocycles. The molecule has 2 aromatic rings. The van der Waals surface area contributed by atoms with E-state index in [2.05, 4.69) is 41.5 Å². The lowest BCUT2D eigenvalue weighted by molar-refractivity contribution is 0.116. The van der Waals surface area contributed by atoms with Gasteiger partial charge in [-0.3, -0.25) is 4.98 Å². The number of pyridine rings is 1. The molecule has 2 rings (SSSR count). The fourth-order valence-electron chi connectivity index (χ4n) is 2.16. The zero-order valence-electron chi connectivity index (χ0n) is 12.7. The summed E-state index contributed by atoms with van der Waals surface area (Å²) in [5.41, 5.74) is 3.44. The predicted octanol–water partition coefficient (Wildman–Crippen LogP) is 3.34. The normalized spacial score (nSPS) is 10.7. The Morgan fingerprint density at radius 3 is 2.62 bits per heavy atom. The van der Waals surface area contributed by atoms with E-state index >= 15 is 0 Å². The monoisotopic (exact) mass is 284 g/mol. The zero-order chi connectivity index (χ0) is 14.8. The lowest BCUT2D eigenvalue weighted by atomic mass is 10.1. The van der Waals surface area contributed by atoms with Crippen molar-refractivity contribution in [3.63, 3.8) is 0 Å². The van der Waals surface area contributed by atoms with Crippen LogP contribution in [-0.4, -0.2) is 18.1 Å². The van der Waals surface area contributed by atoms with E-state index in [1.165, 1.54) is 5.56 Å². The zero-order valence-corrected chi connectivity index (χ0v) is 12.7. The third-order valence-corrected chi connectivity index (χ3v) is 3.27. The number of hydrogen-bond donors (Lipinski definition) is 1. The summed E-state index contributed by atoms with van der Waals surface area (Å²) in [6, 6.07) is 16.6. The van der Waals surface area contributed by atoms with Crippen molar-refractivity contribution < 1.29 is 4.74 Å². The number of hydrogen-bond acceptors (Lipinski definition) is 3. The van der Waals surface area contributed by atoms with E-state index in [4.69, 9.17) is 4.74 Å². The second-order valence-corrected chi connectivity index (χ2v) is 5.04. The molecule has 0 bridgehead atoms. The predicted molar refractivity (Wildman–Crippen MR) is 86.0 cm³/mol. The highest BCUT2D eigenvalue weighted by molar-refractivity contribution is 5.14. The topological polar surface area (TPSA) is 34.1 Å². The summed E-state index contributed by atoms with van der Waals surface area (Å²) in [4.78, 5) is 4.58. The van der Waals surface area contributed by atoms with Gasteiger partial charge in [-0.2, -0.15) is 0 Å². The van der Waals surface area contributed by atoms with Crippen LogP contribution in [0.3, 0.4) is 0 Å². The minimum Gasteiger partial charge on any atom is -0.375 e. The van der Waals surface area contributed by atoms with Gasteiger partial charge in [0.1, 0.15) is 0 Å². The molecule has 0 saturated carbocycles. The highest BCUT2D eigenvalue weighted by atomic mass is 16.5. The molecule has 0 amide bonds. The van der Waals surface area contributed by atoms with Crippen LogP contribution < -0.4 is 5.32 Å². The van der Waals surface area contributed by atoms with Gasteiger partial charge in [0.05, 0.1) is 18.0 Å². The van der Waals surface area contributed by atoms with Crippen molar-refractivity contribution in [1.29, 1.82) is 0 Å². The summed E-state index contributed by atoms with van der Waals surface area (Å²) < 4.78 is 5.72. The van der Waals surface area contributed by atoms with Gasteiger partial charge in [-0.1, -0.05) is 43.3 Å². The van der Waals surface area contributed by atoms with Gasteiger partial charge < -0.3 is 10.1 Å². The number of nitrogens with zero attached hydrogens (tertiary/aromatic N) is 1. The molecule has 0 fully saturated rings. The molecule has 0 aliphatic heterocycles. The van der Waals surface area contributed by atoms with Crippen LogP contribution >= 0.6 is 0 Å². The van der Waals surface area contributed by atoms with Crippen molar-refractivity contribution in [2.24, 2.45) is 0 Å². The fraction of sp³-hybridized carbons (Fsp3) is 0.389. The molecule has 21 heavy (non-hydrogen) atoms. The Morgan fingerprint density at radius 2 is 1.81 bits per heavy atom. The summed E-state index contributed by atoms with van der Waals surface area (Å²) in [6.45, 7) is 5.24. The van der Waals surface area contributed by atoms with E-state index in [0.29, 0.717) is 6.61 Å². The maximum atomic E-state index is 5.72. The van der Waals surface area contributed by atoms with E-state index in [1.807, 2.05) is 24.3 Å². The number of rotatable bonds is 9. The van der Waals surface area contributed by atoms with Crippen molar-refractivity contribution in [3.05, 3.63) is 65.5 Å². The molecule has 0 saturated heterocycles. The van der Waals surface area contributed by atoms with Crippen LogP contribution in [0.15, 0.2) is 48.5 Å². The molecule has 112 valence electrons. The number of aryl methyl sites for hydroxylation is 1. The Morgan fingerprint density at radius 1 is 1.00 bits per heavy atom. The molecule has 1 N–H and O–H groups in total. The SMILES string of the molecule is CCNCc1cccc(COCCCc2ccccc2)n1. The van der Waals surface area contributed by atoms with Gasteiger partial charge in [0.15, 0.2) is 0 Å². The molecule has 0 aliphatic carbocycles. The van der Waals surface area contributed by atoms with Gasteiger partial charge in [-0.05, 0) is 37.1 Å². The average Bonchev–Trinajstić information content (AvgIpc) is 2.54. The molecule has 3 nitrogen and oxygen atoms in total. The van der Waals surface area contributed by atoms with E-state index in [0.717, 1.165) is 43.9 Å². The molecule has 0 unspecified atom stereocenters. The minimum absolute atomic E-state index is 0.592. The Kier molecular flexibility index (Phi) is 6.92. The smallest absolute Gasteiger partial charge is 0.0887 e. The molecular formula is C18H24N2O. The first kappa shape index (κ1) is 15.7. The summed E-state index contributed by atoms with van der Waals surface area (Å²) in [7, 11) is 0. The lowest BCUT2D eigenvalue weighted by Crippen LogP contribution is -2.13. The Bertz CT molecular complexity index is 514. The van der Waals surface area contributed by atoms with Crippen LogP contribution in [0.1, 0.15) is 30.3 Å². The number of aromatic nitrogens is 1.